The summed E-state index contributed by atoms with van der Waals surface area (Å²) in [5.41, 5.74) is 7.06. The minimum atomic E-state index is 0.0711. The Kier molecular flexibility index (Phi) is 6.62. The van der Waals surface area contributed by atoms with Gasteiger partial charge < -0.3 is 9.30 Å². The second-order valence-electron chi connectivity index (χ2n) is 10.8. The van der Waals surface area contributed by atoms with Crippen LogP contribution in [0.5, 0.6) is 5.75 Å². The number of hydrogen-bond donors (Lipinski definition) is 0. The van der Waals surface area contributed by atoms with Gasteiger partial charge >= 0.3 is 0 Å². The van der Waals surface area contributed by atoms with Crippen LogP contribution in [0.2, 0.25) is 0 Å². The fourth-order valence-electron chi connectivity index (χ4n) is 6.08. The van der Waals surface area contributed by atoms with Gasteiger partial charge in [0.05, 0.1) is 11.2 Å². The zero-order valence-corrected chi connectivity index (χ0v) is 22.5. The number of likely N-dealkylation sites (tertiary alicyclic amines) is 1. The summed E-state index contributed by atoms with van der Waals surface area (Å²) in [5.74, 6) is 0.914. The van der Waals surface area contributed by atoms with Crippen molar-refractivity contribution >= 4 is 17.0 Å². The second kappa shape index (κ2) is 10.2. The number of hydrogen-bond acceptors (Lipinski definition) is 4. The quantitative estimate of drug-likeness (QED) is 0.301. The Morgan fingerprint density at radius 2 is 1.74 bits per heavy atom. The minimum absolute atomic E-state index is 0.0711. The number of aromatic nitrogens is 2. The average molecular weight is 506 g/mol. The Morgan fingerprint density at radius 1 is 0.974 bits per heavy atom. The highest BCUT2D eigenvalue weighted by Crippen LogP contribution is 2.31. The number of pyridine rings is 2. The zero-order chi connectivity index (χ0) is 26.2. The zero-order valence-electron chi connectivity index (χ0n) is 22.5. The lowest BCUT2D eigenvalue weighted by atomic mass is 9.98. The van der Waals surface area contributed by atoms with Crippen LogP contribution >= 0.6 is 0 Å². The largest absolute Gasteiger partial charge is 0.492 e. The molecule has 2 aliphatic rings. The van der Waals surface area contributed by atoms with Gasteiger partial charge in [-0.2, -0.15) is 0 Å². The number of piperidine rings is 1. The van der Waals surface area contributed by atoms with Crippen molar-refractivity contribution in [3.63, 3.8) is 0 Å². The van der Waals surface area contributed by atoms with E-state index >= 15 is 0 Å². The molecule has 0 amide bonds. The topological polar surface area (TPSA) is 47.4 Å². The van der Waals surface area contributed by atoms with E-state index in [1.807, 2.05) is 19.3 Å². The lowest BCUT2D eigenvalue weighted by Gasteiger charge is -2.38. The predicted octanol–water partition coefficient (Wildman–Crippen LogP) is 6.48. The number of aryl methyl sites for hydroxylation is 1. The van der Waals surface area contributed by atoms with Crippen LogP contribution in [0.4, 0.5) is 0 Å². The Bertz CT molecular complexity index is 1560. The Balaban J connectivity index is 1.17. The van der Waals surface area contributed by atoms with E-state index in [-0.39, 0.29) is 5.56 Å². The summed E-state index contributed by atoms with van der Waals surface area (Å²) in [6, 6.07) is 20.2. The molecule has 3 heterocycles. The molecule has 5 heteroatoms. The van der Waals surface area contributed by atoms with Crippen LogP contribution in [-0.2, 0) is 13.5 Å². The fourth-order valence-corrected chi connectivity index (χ4v) is 6.08. The number of benzene rings is 2. The first-order chi connectivity index (χ1) is 18.5. The SMILES string of the molecule is C[C@@H]1CCC[C@H](C)N1CCOc1ccc(-c2ccc3nc(-c4cn(C)c(=O)c5c4C=CC5)ccc3c2)cc1. The monoisotopic (exact) mass is 505 g/mol. The van der Waals surface area contributed by atoms with E-state index in [1.165, 1.54) is 19.3 Å². The molecule has 2 aromatic heterocycles. The van der Waals surface area contributed by atoms with Crippen molar-refractivity contribution in [1.82, 2.24) is 14.5 Å². The minimum Gasteiger partial charge on any atom is -0.492 e. The summed E-state index contributed by atoms with van der Waals surface area (Å²) in [6.07, 6.45) is 10.6. The molecule has 0 radical (unpaired) electrons. The van der Waals surface area contributed by atoms with E-state index in [0.717, 1.165) is 56.7 Å². The third-order valence-electron chi connectivity index (χ3n) is 8.27. The first-order valence-corrected chi connectivity index (χ1v) is 13.8. The molecule has 1 saturated heterocycles. The summed E-state index contributed by atoms with van der Waals surface area (Å²) in [7, 11) is 1.81. The van der Waals surface area contributed by atoms with Crippen LogP contribution in [0.15, 0.2) is 71.7 Å². The van der Waals surface area contributed by atoms with E-state index in [2.05, 4.69) is 79.4 Å². The highest BCUT2D eigenvalue weighted by atomic mass is 16.5. The number of rotatable bonds is 6. The van der Waals surface area contributed by atoms with Gasteiger partial charge in [0.15, 0.2) is 0 Å². The summed E-state index contributed by atoms with van der Waals surface area (Å²) >= 11 is 0. The Labute approximate surface area is 224 Å². The van der Waals surface area contributed by atoms with Crippen LogP contribution in [0.3, 0.4) is 0 Å². The van der Waals surface area contributed by atoms with Gasteiger partial charge in [0.2, 0.25) is 0 Å². The van der Waals surface area contributed by atoms with Crippen LogP contribution < -0.4 is 10.3 Å². The predicted molar refractivity (Wildman–Crippen MR) is 156 cm³/mol. The van der Waals surface area contributed by atoms with E-state index in [4.69, 9.17) is 9.72 Å². The van der Waals surface area contributed by atoms with Crippen molar-refractivity contribution in [1.29, 1.82) is 0 Å². The molecule has 4 aromatic rings. The van der Waals surface area contributed by atoms with Crippen LogP contribution in [0.25, 0.3) is 39.4 Å². The molecule has 5 nitrogen and oxygen atoms in total. The smallest absolute Gasteiger partial charge is 0.254 e. The number of fused-ring (bicyclic) bond motifs is 2. The summed E-state index contributed by atoms with van der Waals surface area (Å²) in [5, 5.41) is 1.09. The molecule has 6 rings (SSSR count). The van der Waals surface area contributed by atoms with E-state index < -0.39 is 0 Å². The first kappa shape index (κ1) is 24.6. The normalized spacial score (nSPS) is 19.1. The maximum atomic E-state index is 12.5. The molecule has 1 fully saturated rings. The standard InChI is InChI=1S/C33H35N3O2/c1-22-6-4-7-23(2)36(22)18-19-38-27-14-10-24(11-15-27)25-12-16-31-26(20-25)13-17-32(34-31)30-21-35(3)33(37)29-9-5-8-28(29)30/h5,8,10-17,20-23H,4,6-7,9,18-19H2,1-3H3/t22-,23+. The van der Waals surface area contributed by atoms with E-state index in [0.29, 0.717) is 25.1 Å². The molecule has 2 atom stereocenters. The van der Waals surface area contributed by atoms with Gasteiger partial charge in [-0.15, -0.1) is 0 Å². The highest BCUT2D eigenvalue weighted by Gasteiger charge is 2.24. The summed E-state index contributed by atoms with van der Waals surface area (Å²) in [4.78, 5) is 20.0. The molecule has 1 aliphatic carbocycles. The first-order valence-electron chi connectivity index (χ1n) is 13.8. The maximum absolute atomic E-state index is 12.5. The number of ether oxygens (including phenoxy) is 1. The molecule has 0 unspecified atom stereocenters. The lowest BCUT2D eigenvalue weighted by Crippen LogP contribution is -2.45. The average Bonchev–Trinajstić information content (AvgIpc) is 3.43. The molecule has 2 aromatic carbocycles. The van der Waals surface area contributed by atoms with Gasteiger partial charge in [-0.05, 0) is 80.1 Å². The summed E-state index contributed by atoms with van der Waals surface area (Å²) in [6.45, 7) is 6.35. The van der Waals surface area contributed by atoms with Gasteiger partial charge in [-0.1, -0.05) is 42.8 Å². The van der Waals surface area contributed by atoms with Crippen molar-refractivity contribution in [3.8, 4) is 28.1 Å². The molecule has 1 aliphatic heterocycles. The third kappa shape index (κ3) is 4.67. The van der Waals surface area contributed by atoms with Crippen molar-refractivity contribution in [3.05, 3.63) is 88.4 Å². The van der Waals surface area contributed by atoms with Gasteiger partial charge in [0, 0.05) is 48.4 Å². The summed E-state index contributed by atoms with van der Waals surface area (Å²) < 4.78 is 7.76. The van der Waals surface area contributed by atoms with Crippen LogP contribution in [-0.4, -0.2) is 39.7 Å². The molecule has 0 saturated carbocycles. The van der Waals surface area contributed by atoms with Crippen LogP contribution in [0.1, 0.15) is 44.2 Å². The Morgan fingerprint density at radius 3 is 2.53 bits per heavy atom. The Hall–Kier alpha value is -3.70. The molecular weight excluding hydrogens is 470 g/mol. The highest BCUT2D eigenvalue weighted by molar-refractivity contribution is 5.87. The van der Waals surface area contributed by atoms with Gasteiger partial charge in [-0.3, -0.25) is 9.69 Å². The molecule has 194 valence electrons. The molecule has 0 spiro atoms. The third-order valence-corrected chi connectivity index (χ3v) is 8.27. The van der Waals surface area contributed by atoms with Gasteiger partial charge in [0.25, 0.3) is 5.56 Å². The van der Waals surface area contributed by atoms with Gasteiger partial charge in [0.1, 0.15) is 12.4 Å². The van der Waals surface area contributed by atoms with Crippen molar-refractivity contribution in [2.45, 2.75) is 51.6 Å². The van der Waals surface area contributed by atoms with E-state index in [9.17, 15) is 4.79 Å². The van der Waals surface area contributed by atoms with Gasteiger partial charge in [-0.25, -0.2) is 4.98 Å². The van der Waals surface area contributed by atoms with Crippen molar-refractivity contribution in [2.24, 2.45) is 7.05 Å². The molecule has 0 bridgehead atoms. The number of allylic oxidation sites excluding steroid dienone is 1. The number of nitrogens with zero attached hydrogens (tertiary/aromatic N) is 3. The maximum Gasteiger partial charge on any atom is 0.254 e. The molecule has 0 N–H and O–H groups in total. The van der Waals surface area contributed by atoms with Crippen LogP contribution in [0, 0.1) is 0 Å². The lowest BCUT2D eigenvalue weighted by molar-refractivity contribution is 0.0851. The second-order valence-corrected chi connectivity index (χ2v) is 10.8. The molecular formula is C33H35N3O2. The van der Waals surface area contributed by atoms with Crippen molar-refractivity contribution < 1.29 is 4.74 Å². The fraction of sp³-hybridized carbons (Fsp3) is 0.333. The van der Waals surface area contributed by atoms with E-state index in [1.54, 1.807) is 4.57 Å². The van der Waals surface area contributed by atoms with Crippen molar-refractivity contribution in [2.75, 3.05) is 13.2 Å². The molecule has 38 heavy (non-hydrogen) atoms.